The molecule has 5 heteroatoms. The molecule has 2 heterocycles. The summed E-state index contributed by atoms with van der Waals surface area (Å²) in [6, 6.07) is 2.41. The molecule has 1 aliphatic heterocycles. The summed E-state index contributed by atoms with van der Waals surface area (Å²) in [6.07, 6.45) is 7.42. The van der Waals surface area contributed by atoms with Crippen molar-refractivity contribution < 1.29 is 9.53 Å². The zero-order valence-corrected chi connectivity index (χ0v) is 11.6. The van der Waals surface area contributed by atoms with Gasteiger partial charge in [-0.2, -0.15) is 5.10 Å². The summed E-state index contributed by atoms with van der Waals surface area (Å²) in [7, 11) is 0. The van der Waals surface area contributed by atoms with Gasteiger partial charge in [0, 0.05) is 25.2 Å². The summed E-state index contributed by atoms with van der Waals surface area (Å²) in [5.41, 5.74) is 0. The van der Waals surface area contributed by atoms with Crippen molar-refractivity contribution in [1.29, 1.82) is 0 Å². The van der Waals surface area contributed by atoms with Crippen LogP contribution in [0.25, 0.3) is 0 Å². The second kappa shape index (κ2) is 4.88. The van der Waals surface area contributed by atoms with Crippen molar-refractivity contribution in [3.8, 4) is 0 Å². The monoisotopic (exact) mass is 275 g/mol. The van der Waals surface area contributed by atoms with E-state index in [9.17, 15) is 4.79 Å². The van der Waals surface area contributed by atoms with E-state index in [2.05, 4.69) is 10.4 Å². The summed E-state index contributed by atoms with van der Waals surface area (Å²) in [5, 5.41) is 7.38. The first-order chi connectivity index (χ1) is 9.83. The van der Waals surface area contributed by atoms with E-state index in [4.69, 9.17) is 4.74 Å². The summed E-state index contributed by atoms with van der Waals surface area (Å²) < 4.78 is 7.36. The molecule has 4 rings (SSSR count). The molecule has 0 unspecified atom stereocenters. The number of hydrogen-bond acceptors (Lipinski definition) is 3. The molecule has 0 bridgehead atoms. The molecule has 1 aromatic heterocycles. The Balaban J connectivity index is 1.35. The van der Waals surface area contributed by atoms with Gasteiger partial charge in [0.2, 0.25) is 5.91 Å². The number of amides is 1. The summed E-state index contributed by atoms with van der Waals surface area (Å²) in [5.74, 6) is 2.53. The summed E-state index contributed by atoms with van der Waals surface area (Å²) >= 11 is 0. The number of nitrogens with one attached hydrogen (secondary N) is 1. The van der Waals surface area contributed by atoms with E-state index >= 15 is 0 Å². The Labute approximate surface area is 118 Å². The minimum atomic E-state index is 0.184. The fourth-order valence-electron chi connectivity index (χ4n) is 3.42. The summed E-state index contributed by atoms with van der Waals surface area (Å²) in [6.45, 7) is 1.73. The van der Waals surface area contributed by atoms with E-state index in [-0.39, 0.29) is 11.8 Å². The van der Waals surface area contributed by atoms with Crippen molar-refractivity contribution in [3.05, 3.63) is 12.3 Å². The molecule has 0 spiro atoms. The topological polar surface area (TPSA) is 56.2 Å². The van der Waals surface area contributed by atoms with Crippen LogP contribution in [0.5, 0.6) is 0 Å². The van der Waals surface area contributed by atoms with Crippen LogP contribution in [0.15, 0.2) is 12.3 Å². The molecule has 0 radical (unpaired) electrons. The van der Waals surface area contributed by atoms with Crippen molar-refractivity contribution >= 4 is 11.7 Å². The normalized spacial score (nSPS) is 30.2. The summed E-state index contributed by atoms with van der Waals surface area (Å²) in [4.78, 5) is 12.3. The molecule has 2 atom stereocenters. The third-order valence-corrected chi connectivity index (χ3v) is 4.86. The van der Waals surface area contributed by atoms with E-state index < -0.39 is 0 Å². The van der Waals surface area contributed by atoms with Crippen molar-refractivity contribution in [3.63, 3.8) is 0 Å². The highest BCUT2D eigenvalue weighted by Gasteiger charge is 2.47. The minimum Gasteiger partial charge on any atom is -0.381 e. The third-order valence-electron chi connectivity index (χ3n) is 4.86. The average Bonchev–Trinajstić information content (AvgIpc) is 3.39. The van der Waals surface area contributed by atoms with Crippen molar-refractivity contribution in [1.82, 2.24) is 9.78 Å². The number of carbonyl (C=O) groups is 1. The first kappa shape index (κ1) is 12.4. The SMILES string of the molecule is O=C(Nc1ccnn1C1CC1)[C@@H]1C[C@H]1C1CCOCC1. The molecule has 1 saturated heterocycles. The molecule has 5 nitrogen and oxygen atoms in total. The number of aromatic nitrogens is 2. The van der Waals surface area contributed by atoms with E-state index in [0.29, 0.717) is 17.9 Å². The van der Waals surface area contributed by atoms with E-state index in [1.54, 1.807) is 6.20 Å². The van der Waals surface area contributed by atoms with Gasteiger partial charge in [-0.05, 0) is 43.9 Å². The average molecular weight is 275 g/mol. The molecule has 1 aromatic rings. The largest absolute Gasteiger partial charge is 0.381 e. The molecule has 2 aliphatic carbocycles. The first-order valence-corrected chi connectivity index (χ1v) is 7.75. The fourth-order valence-corrected chi connectivity index (χ4v) is 3.42. The number of carbonyl (C=O) groups excluding carboxylic acids is 1. The Morgan fingerprint density at radius 2 is 2.10 bits per heavy atom. The van der Waals surface area contributed by atoms with Gasteiger partial charge in [-0.3, -0.25) is 4.79 Å². The number of hydrogen-bond donors (Lipinski definition) is 1. The lowest BCUT2D eigenvalue weighted by molar-refractivity contribution is -0.118. The Bertz CT molecular complexity index is 503. The first-order valence-electron chi connectivity index (χ1n) is 7.75. The van der Waals surface area contributed by atoms with Crippen LogP contribution in [0.1, 0.15) is 38.1 Å². The smallest absolute Gasteiger partial charge is 0.228 e. The number of rotatable bonds is 4. The Morgan fingerprint density at radius 1 is 1.30 bits per heavy atom. The van der Waals surface area contributed by atoms with Crippen LogP contribution in [-0.2, 0) is 9.53 Å². The Kier molecular flexibility index (Phi) is 3.02. The van der Waals surface area contributed by atoms with Gasteiger partial charge in [0.15, 0.2) is 0 Å². The highest BCUT2D eigenvalue weighted by molar-refractivity contribution is 5.93. The molecule has 1 N–H and O–H groups in total. The molecular formula is C15H21N3O2. The lowest BCUT2D eigenvalue weighted by Crippen LogP contribution is -2.22. The maximum Gasteiger partial charge on any atom is 0.228 e. The van der Waals surface area contributed by atoms with Crippen molar-refractivity contribution in [2.45, 2.75) is 38.1 Å². The molecule has 2 saturated carbocycles. The molecule has 0 aromatic carbocycles. The van der Waals surface area contributed by atoms with Crippen molar-refractivity contribution in [2.75, 3.05) is 18.5 Å². The predicted molar refractivity (Wildman–Crippen MR) is 74.3 cm³/mol. The highest BCUT2D eigenvalue weighted by atomic mass is 16.5. The van der Waals surface area contributed by atoms with Gasteiger partial charge in [-0.25, -0.2) is 4.68 Å². The van der Waals surface area contributed by atoms with Crippen LogP contribution >= 0.6 is 0 Å². The highest BCUT2D eigenvalue weighted by Crippen LogP contribution is 2.48. The molecule has 3 aliphatic rings. The fraction of sp³-hybridized carbons (Fsp3) is 0.733. The minimum absolute atomic E-state index is 0.184. The molecular weight excluding hydrogens is 254 g/mol. The van der Waals surface area contributed by atoms with Gasteiger partial charge in [0.25, 0.3) is 0 Å². The molecule has 108 valence electrons. The van der Waals surface area contributed by atoms with Gasteiger partial charge in [-0.1, -0.05) is 0 Å². The van der Waals surface area contributed by atoms with E-state index in [0.717, 1.165) is 38.3 Å². The third kappa shape index (κ3) is 2.35. The van der Waals surface area contributed by atoms with Crippen LogP contribution < -0.4 is 5.32 Å². The number of ether oxygens (including phenoxy) is 1. The Hall–Kier alpha value is -1.36. The lowest BCUT2D eigenvalue weighted by Gasteiger charge is -2.22. The van der Waals surface area contributed by atoms with Crippen LogP contribution in [0, 0.1) is 17.8 Å². The van der Waals surface area contributed by atoms with Gasteiger partial charge in [0.1, 0.15) is 5.82 Å². The zero-order chi connectivity index (χ0) is 13.5. The van der Waals surface area contributed by atoms with E-state index in [1.165, 1.54) is 12.8 Å². The van der Waals surface area contributed by atoms with Crippen LogP contribution in [0.4, 0.5) is 5.82 Å². The lowest BCUT2D eigenvalue weighted by atomic mass is 9.93. The number of anilines is 1. The molecule has 20 heavy (non-hydrogen) atoms. The van der Waals surface area contributed by atoms with Gasteiger partial charge < -0.3 is 10.1 Å². The predicted octanol–water partition coefficient (Wildman–Crippen LogP) is 2.22. The molecule has 3 fully saturated rings. The number of nitrogens with zero attached hydrogens (tertiary/aromatic N) is 2. The second-order valence-electron chi connectivity index (χ2n) is 6.34. The second-order valence-corrected chi connectivity index (χ2v) is 6.34. The zero-order valence-electron chi connectivity index (χ0n) is 11.6. The van der Waals surface area contributed by atoms with Gasteiger partial charge in [0.05, 0.1) is 12.2 Å². The van der Waals surface area contributed by atoms with Gasteiger partial charge >= 0.3 is 0 Å². The maximum absolute atomic E-state index is 12.3. The van der Waals surface area contributed by atoms with Crippen LogP contribution in [0.2, 0.25) is 0 Å². The maximum atomic E-state index is 12.3. The quantitative estimate of drug-likeness (QED) is 0.916. The van der Waals surface area contributed by atoms with E-state index in [1.807, 2.05) is 10.7 Å². The van der Waals surface area contributed by atoms with Gasteiger partial charge in [-0.15, -0.1) is 0 Å². The van der Waals surface area contributed by atoms with Crippen LogP contribution in [0.3, 0.4) is 0 Å². The Morgan fingerprint density at radius 3 is 2.85 bits per heavy atom. The van der Waals surface area contributed by atoms with Crippen molar-refractivity contribution in [2.24, 2.45) is 17.8 Å². The van der Waals surface area contributed by atoms with Crippen LogP contribution in [-0.4, -0.2) is 28.9 Å². The molecule has 1 amide bonds. The standard InChI is InChI=1S/C15H21N3O2/c19-15(13-9-12(13)10-4-7-20-8-5-10)17-14-3-6-16-18(14)11-1-2-11/h3,6,10-13H,1-2,4-5,7-9H2,(H,17,19)/t12-,13+/m0/s1.